The summed E-state index contributed by atoms with van der Waals surface area (Å²) in [6.07, 6.45) is 0. The first-order chi connectivity index (χ1) is 11.6. The molecule has 0 aliphatic carbocycles. The van der Waals surface area contributed by atoms with Crippen LogP contribution in [0.3, 0.4) is 0 Å². The Morgan fingerprint density at radius 1 is 1.25 bits per heavy atom. The van der Waals surface area contributed by atoms with E-state index in [-0.39, 0.29) is 17.4 Å². The number of amides is 1. The van der Waals surface area contributed by atoms with Gasteiger partial charge in [-0.05, 0) is 25.1 Å². The summed E-state index contributed by atoms with van der Waals surface area (Å²) >= 11 is 1.42. The summed E-state index contributed by atoms with van der Waals surface area (Å²) in [6, 6.07) is 11.0. The Bertz CT molecular complexity index is 939. The maximum atomic E-state index is 12.5. The van der Waals surface area contributed by atoms with Crippen LogP contribution in [0.5, 0.6) is 0 Å². The molecular formula is C17H16N4O2S. The van der Waals surface area contributed by atoms with Crippen molar-refractivity contribution in [1.82, 2.24) is 19.7 Å². The smallest absolute Gasteiger partial charge is 0.282 e. The number of fused-ring (bicyclic) bond motifs is 1. The zero-order chi connectivity index (χ0) is 16.7. The number of para-hydroxylation sites is 1. The Labute approximate surface area is 142 Å². The number of hydrogen-bond donors (Lipinski definition) is 0. The monoisotopic (exact) mass is 340 g/mol. The van der Waals surface area contributed by atoms with Crippen LogP contribution in [0.25, 0.3) is 10.2 Å². The van der Waals surface area contributed by atoms with Gasteiger partial charge in [0.15, 0.2) is 5.01 Å². The average Bonchev–Trinajstić information content (AvgIpc) is 2.97. The largest absolute Gasteiger partial charge is 0.336 e. The van der Waals surface area contributed by atoms with Gasteiger partial charge in [-0.2, -0.15) is 5.10 Å². The molecule has 0 radical (unpaired) electrons. The predicted octanol–water partition coefficient (Wildman–Crippen LogP) is 1.93. The van der Waals surface area contributed by atoms with Gasteiger partial charge in [-0.1, -0.05) is 12.1 Å². The number of aromatic nitrogens is 3. The lowest BCUT2D eigenvalue weighted by Crippen LogP contribution is -2.52. The minimum absolute atomic E-state index is 0.0306. The first kappa shape index (κ1) is 15.0. The van der Waals surface area contributed by atoms with E-state index in [4.69, 9.17) is 0 Å². The van der Waals surface area contributed by atoms with Crippen LogP contribution in [0, 0.1) is 12.8 Å². The highest BCUT2D eigenvalue weighted by Crippen LogP contribution is 2.25. The quantitative estimate of drug-likeness (QED) is 0.731. The van der Waals surface area contributed by atoms with Crippen molar-refractivity contribution >= 4 is 27.5 Å². The molecule has 1 aliphatic heterocycles. The van der Waals surface area contributed by atoms with Crippen LogP contribution in [0.2, 0.25) is 0 Å². The second kappa shape index (κ2) is 5.83. The molecule has 2 aromatic heterocycles. The van der Waals surface area contributed by atoms with Crippen molar-refractivity contribution in [2.45, 2.75) is 13.5 Å². The van der Waals surface area contributed by atoms with Crippen LogP contribution in [-0.2, 0) is 6.54 Å². The molecule has 1 saturated heterocycles. The van der Waals surface area contributed by atoms with Gasteiger partial charge in [0.25, 0.3) is 11.5 Å². The van der Waals surface area contributed by atoms with Gasteiger partial charge < -0.3 is 4.90 Å². The molecule has 0 bridgehead atoms. The summed E-state index contributed by atoms with van der Waals surface area (Å²) in [5.41, 5.74) is 1.58. The Morgan fingerprint density at radius 3 is 2.83 bits per heavy atom. The van der Waals surface area contributed by atoms with Crippen molar-refractivity contribution in [3.8, 4) is 0 Å². The summed E-state index contributed by atoms with van der Waals surface area (Å²) in [4.78, 5) is 30.5. The van der Waals surface area contributed by atoms with Crippen LogP contribution in [0.1, 0.15) is 15.5 Å². The molecule has 1 aliphatic rings. The number of nitrogens with zero attached hydrogens (tertiary/aromatic N) is 4. The average molecular weight is 340 g/mol. The third-order valence-electron chi connectivity index (χ3n) is 4.15. The van der Waals surface area contributed by atoms with Crippen molar-refractivity contribution < 1.29 is 4.79 Å². The lowest BCUT2D eigenvalue weighted by Gasteiger charge is -2.38. The van der Waals surface area contributed by atoms with Gasteiger partial charge in [0, 0.05) is 25.1 Å². The minimum Gasteiger partial charge on any atom is -0.336 e. The molecule has 6 nitrogen and oxygen atoms in total. The number of carbonyl (C=O) groups excluding carboxylic acids is 1. The summed E-state index contributed by atoms with van der Waals surface area (Å²) < 4.78 is 2.51. The molecule has 0 spiro atoms. The van der Waals surface area contributed by atoms with Gasteiger partial charge in [-0.3, -0.25) is 9.59 Å². The third-order valence-corrected chi connectivity index (χ3v) is 5.18. The van der Waals surface area contributed by atoms with E-state index in [1.165, 1.54) is 22.1 Å². The summed E-state index contributed by atoms with van der Waals surface area (Å²) in [5, 5.41) is 4.77. The van der Waals surface area contributed by atoms with Crippen LogP contribution in [0.15, 0.2) is 41.2 Å². The number of hydrogen-bond acceptors (Lipinski definition) is 5. The minimum atomic E-state index is -0.100. The van der Waals surface area contributed by atoms with E-state index in [1.807, 2.05) is 31.2 Å². The molecule has 3 heterocycles. The fraction of sp³-hybridized carbons (Fsp3) is 0.294. The number of rotatable bonds is 3. The van der Waals surface area contributed by atoms with Crippen molar-refractivity contribution in [2.75, 3.05) is 13.1 Å². The highest BCUT2D eigenvalue weighted by Gasteiger charge is 2.33. The fourth-order valence-electron chi connectivity index (χ4n) is 2.88. The molecule has 1 fully saturated rings. The van der Waals surface area contributed by atoms with Crippen molar-refractivity contribution in [2.24, 2.45) is 5.92 Å². The molecular weight excluding hydrogens is 324 g/mol. The molecule has 7 heteroatoms. The number of likely N-dealkylation sites (tertiary alicyclic amines) is 1. The number of thiazole rings is 1. The van der Waals surface area contributed by atoms with Gasteiger partial charge >= 0.3 is 0 Å². The van der Waals surface area contributed by atoms with Crippen molar-refractivity contribution in [3.05, 3.63) is 57.5 Å². The Hall–Kier alpha value is -2.54. The van der Waals surface area contributed by atoms with Crippen LogP contribution in [-0.4, -0.2) is 38.7 Å². The van der Waals surface area contributed by atoms with Crippen LogP contribution < -0.4 is 5.56 Å². The normalized spacial score (nSPS) is 14.8. The molecule has 24 heavy (non-hydrogen) atoms. The Kier molecular flexibility index (Phi) is 3.65. The summed E-state index contributed by atoms with van der Waals surface area (Å²) in [6.45, 7) is 3.68. The maximum Gasteiger partial charge on any atom is 0.282 e. The summed E-state index contributed by atoms with van der Waals surface area (Å²) in [7, 11) is 0. The predicted molar refractivity (Wildman–Crippen MR) is 92.2 cm³/mol. The lowest BCUT2D eigenvalue weighted by atomic mass is 10.0. The number of aryl methyl sites for hydroxylation is 1. The fourth-order valence-corrected chi connectivity index (χ4v) is 3.81. The molecule has 3 aromatic rings. The van der Waals surface area contributed by atoms with Crippen LogP contribution in [0.4, 0.5) is 0 Å². The highest BCUT2D eigenvalue weighted by molar-refractivity contribution is 7.20. The zero-order valence-electron chi connectivity index (χ0n) is 13.2. The van der Waals surface area contributed by atoms with E-state index in [0.717, 1.165) is 15.9 Å². The highest BCUT2D eigenvalue weighted by atomic mass is 32.1. The van der Waals surface area contributed by atoms with Crippen molar-refractivity contribution in [3.63, 3.8) is 0 Å². The topological polar surface area (TPSA) is 68.1 Å². The number of benzene rings is 1. The van der Waals surface area contributed by atoms with E-state index in [0.29, 0.717) is 24.6 Å². The van der Waals surface area contributed by atoms with E-state index in [1.54, 1.807) is 11.0 Å². The summed E-state index contributed by atoms with van der Waals surface area (Å²) in [5.74, 6) is 0.229. The molecule has 0 N–H and O–H groups in total. The van der Waals surface area contributed by atoms with E-state index < -0.39 is 0 Å². The third kappa shape index (κ3) is 2.71. The molecule has 0 atom stereocenters. The van der Waals surface area contributed by atoms with E-state index in [2.05, 4.69) is 10.1 Å². The van der Waals surface area contributed by atoms with Crippen LogP contribution >= 0.6 is 11.3 Å². The second-order valence-corrected chi connectivity index (χ2v) is 7.09. The van der Waals surface area contributed by atoms with E-state index in [9.17, 15) is 9.59 Å². The molecule has 0 saturated carbocycles. The number of carbonyl (C=O) groups is 1. The Morgan fingerprint density at radius 2 is 2.04 bits per heavy atom. The van der Waals surface area contributed by atoms with E-state index >= 15 is 0 Å². The molecule has 0 unspecified atom stereocenters. The van der Waals surface area contributed by atoms with Crippen molar-refractivity contribution in [1.29, 1.82) is 0 Å². The van der Waals surface area contributed by atoms with Gasteiger partial charge in [0.1, 0.15) is 0 Å². The maximum absolute atomic E-state index is 12.5. The second-order valence-electron chi connectivity index (χ2n) is 6.06. The van der Waals surface area contributed by atoms with Gasteiger partial charge in [0.2, 0.25) is 0 Å². The molecule has 4 rings (SSSR count). The Balaban J connectivity index is 1.42. The molecule has 122 valence electrons. The first-order valence-electron chi connectivity index (χ1n) is 7.80. The van der Waals surface area contributed by atoms with Gasteiger partial charge in [-0.25, -0.2) is 9.67 Å². The van der Waals surface area contributed by atoms with Gasteiger partial charge in [-0.15, -0.1) is 11.3 Å². The van der Waals surface area contributed by atoms with Gasteiger partial charge in [0.05, 0.1) is 22.5 Å². The lowest BCUT2D eigenvalue weighted by molar-refractivity contribution is 0.0458. The molecule has 1 aromatic carbocycles. The zero-order valence-corrected chi connectivity index (χ0v) is 14.0. The molecule has 1 amide bonds. The first-order valence-corrected chi connectivity index (χ1v) is 8.61. The standard InChI is InChI=1S/C17H16N4O2S/c1-11-6-7-15(22)21(19-11)10-12-8-20(9-12)17(23)16-18-13-4-2-3-5-14(13)24-16/h2-7,12H,8-10H2,1H3. The SMILES string of the molecule is Cc1ccc(=O)n(CC2CN(C(=O)c3nc4ccccc4s3)C2)n1.